The zero-order chi connectivity index (χ0) is 26.9. The van der Waals surface area contributed by atoms with Gasteiger partial charge in [0.2, 0.25) is 0 Å². The Hall–Kier alpha value is -4.53. The van der Waals surface area contributed by atoms with Crippen LogP contribution in [0, 0.1) is 35.8 Å². The van der Waals surface area contributed by atoms with Gasteiger partial charge in [0.05, 0.1) is 29.2 Å². The highest BCUT2D eigenvalue weighted by atomic mass is 16.6. The summed E-state index contributed by atoms with van der Waals surface area (Å²) in [6, 6.07) is 22.1. The van der Waals surface area contributed by atoms with Gasteiger partial charge in [-0.05, 0) is 37.1 Å². The van der Waals surface area contributed by atoms with E-state index in [1.54, 1.807) is 12.1 Å². The van der Waals surface area contributed by atoms with Crippen molar-refractivity contribution in [1.82, 2.24) is 0 Å². The maximum atomic E-state index is 13.2. The molecule has 9 nitrogen and oxygen atoms in total. The Morgan fingerprint density at radius 1 is 0.816 bits per heavy atom. The van der Waals surface area contributed by atoms with Crippen molar-refractivity contribution in [3.8, 4) is 0 Å². The van der Waals surface area contributed by atoms with Crippen LogP contribution in [0.4, 0.5) is 11.4 Å². The Labute approximate surface area is 221 Å². The third kappa shape index (κ3) is 7.25. The van der Waals surface area contributed by atoms with Gasteiger partial charge in [-0.15, -0.1) is 0 Å². The summed E-state index contributed by atoms with van der Waals surface area (Å²) in [7, 11) is 0. The van der Waals surface area contributed by atoms with E-state index in [-0.39, 0.29) is 11.5 Å². The van der Waals surface area contributed by atoms with Crippen LogP contribution in [0.3, 0.4) is 0 Å². The van der Waals surface area contributed by atoms with Crippen molar-refractivity contribution in [3.05, 3.63) is 105 Å². The lowest BCUT2D eigenvalue weighted by Gasteiger charge is -2.35. The molecular weight excluding hydrogens is 484 g/mol. The van der Waals surface area contributed by atoms with Crippen molar-refractivity contribution in [3.63, 3.8) is 0 Å². The quantitative estimate of drug-likeness (QED) is 0.208. The van der Waals surface area contributed by atoms with E-state index >= 15 is 0 Å². The number of hydrogen-bond acceptors (Lipinski definition) is 8. The maximum Gasteiger partial charge on any atom is 0.269 e. The van der Waals surface area contributed by atoms with Crippen molar-refractivity contribution in [2.75, 3.05) is 18.0 Å². The van der Waals surface area contributed by atoms with Crippen LogP contribution < -0.4 is 4.90 Å². The van der Waals surface area contributed by atoms with E-state index in [9.17, 15) is 14.9 Å². The summed E-state index contributed by atoms with van der Waals surface area (Å²) in [6.07, 6.45) is 3.03. The topological polar surface area (TPSA) is 107 Å². The smallest absolute Gasteiger partial charge is 0.269 e. The molecule has 1 saturated heterocycles. The van der Waals surface area contributed by atoms with E-state index in [1.165, 1.54) is 24.6 Å². The molecule has 1 fully saturated rings. The number of nitro groups is 1. The second-order valence-electron chi connectivity index (χ2n) is 9.32. The molecule has 3 aromatic carbocycles. The van der Waals surface area contributed by atoms with Crippen molar-refractivity contribution in [2.24, 2.45) is 22.1 Å². The summed E-state index contributed by atoms with van der Waals surface area (Å²) in [5.74, 6) is -1.15. The zero-order valence-electron chi connectivity index (χ0n) is 21.4. The molecule has 2 atom stereocenters. The molecule has 1 aliphatic rings. The minimum atomic E-state index is -0.550. The zero-order valence-corrected chi connectivity index (χ0v) is 21.4. The first-order valence-corrected chi connectivity index (χ1v) is 12.3. The summed E-state index contributed by atoms with van der Waals surface area (Å²) in [5.41, 5.74) is 5.05. The Morgan fingerprint density at radius 2 is 1.26 bits per heavy atom. The lowest BCUT2D eigenvalue weighted by atomic mass is 9.88. The molecule has 38 heavy (non-hydrogen) atoms. The highest BCUT2D eigenvalue weighted by molar-refractivity contribution is 6.05. The molecule has 1 aliphatic heterocycles. The summed E-state index contributed by atoms with van der Waals surface area (Å²) < 4.78 is 0. The molecule has 4 rings (SSSR count). The molecule has 1 heterocycles. The molecule has 0 radical (unpaired) electrons. The predicted octanol–water partition coefficient (Wildman–Crippen LogP) is 5.24. The van der Waals surface area contributed by atoms with E-state index in [0.29, 0.717) is 26.3 Å². The van der Waals surface area contributed by atoms with Gasteiger partial charge in [0.1, 0.15) is 13.2 Å². The lowest BCUT2D eigenvalue weighted by molar-refractivity contribution is -0.384. The summed E-state index contributed by atoms with van der Waals surface area (Å²) in [5, 5.41) is 19.2. The van der Waals surface area contributed by atoms with Gasteiger partial charge in [-0.1, -0.05) is 70.0 Å². The van der Waals surface area contributed by atoms with Crippen LogP contribution in [0.1, 0.15) is 22.3 Å². The summed E-state index contributed by atoms with van der Waals surface area (Å²) in [6.45, 7) is 5.34. The first kappa shape index (κ1) is 26.5. The molecule has 2 unspecified atom stereocenters. The number of ketones is 1. The molecule has 0 aliphatic carbocycles. The minimum Gasteiger partial charge on any atom is -0.391 e. The molecule has 0 amide bonds. The fourth-order valence-electron chi connectivity index (χ4n) is 4.07. The minimum absolute atomic E-state index is 0.00655. The Balaban J connectivity index is 1.43. The molecule has 0 spiro atoms. The summed E-state index contributed by atoms with van der Waals surface area (Å²) in [4.78, 5) is 36.7. The number of aryl methyl sites for hydroxylation is 2. The van der Waals surface area contributed by atoms with E-state index in [4.69, 9.17) is 9.68 Å². The number of nitrogens with zero attached hydrogens (tertiary/aromatic N) is 4. The molecule has 0 N–H and O–H groups in total. The van der Waals surface area contributed by atoms with Crippen LogP contribution in [-0.2, 0) is 27.7 Å². The first-order valence-electron chi connectivity index (χ1n) is 12.3. The number of carbonyl (C=O) groups excluding carboxylic acids is 1. The van der Waals surface area contributed by atoms with E-state index in [0.717, 1.165) is 27.9 Å². The molecule has 0 saturated carbocycles. The normalized spacial score (nSPS) is 17.7. The van der Waals surface area contributed by atoms with Gasteiger partial charge < -0.3 is 14.6 Å². The van der Waals surface area contributed by atoms with Gasteiger partial charge >= 0.3 is 0 Å². The molecule has 9 heteroatoms. The number of rotatable bonds is 10. The highest BCUT2D eigenvalue weighted by Gasteiger charge is 2.34. The first-order chi connectivity index (χ1) is 18.4. The van der Waals surface area contributed by atoms with Gasteiger partial charge in [-0.3, -0.25) is 14.9 Å². The second kappa shape index (κ2) is 12.6. The van der Waals surface area contributed by atoms with E-state index in [2.05, 4.69) is 10.3 Å². The maximum absolute atomic E-state index is 13.2. The SMILES string of the molecule is Cc1ccc(CO/N=C\C2CN(c3ccc([N+](=O)[O-])cc3)CC(/C=N/OCc3ccc(C)cc3)C2=O)cc1. The number of oxime groups is 2. The van der Waals surface area contributed by atoms with Crippen LogP contribution in [0.2, 0.25) is 0 Å². The number of hydrogen-bond donors (Lipinski definition) is 0. The van der Waals surface area contributed by atoms with Crippen molar-refractivity contribution in [1.29, 1.82) is 0 Å². The average molecular weight is 515 g/mol. The van der Waals surface area contributed by atoms with Gasteiger partial charge in [0.25, 0.3) is 5.69 Å². The van der Waals surface area contributed by atoms with Crippen LogP contribution in [0.15, 0.2) is 83.1 Å². The van der Waals surface area contributed by atoms with Crippen LogP contribution in [0.25, 0.3) is 0 Å². The molecule has 0 bridgehead atoms. The van der Waals surface area contributed by atoms with Crippen molar-refractivity contribution in [2.45, 2.75) is 27.1 Å². The van der Waals surface area contributed by atoms with Crippen molar-refractivity contribution >= 4 is 29.6 Å². The molecule has 196 valence electrons. The lowest BCUT2D eigenvalue weighted by Crippen LogP contribution is -2.48. The third-order valence-corrected chi connectivity index (χ3v) is 6.33. The Morgan fingerprint density at radius 3 is 1.68 bits per heavy atom. The average Bonchev–Trinajstić information content (AvgIpc) is 2.92. The van der Waals surface area contributed by atoms with Crippen molar-refractivity contribution < 1.29 is 19.4 Å². The van der Waals surface area contributed by atoms with E-state index < -0.39 is 16.8 Å². The van der Waals surface area contributed by atoms with Crippen LogP contribution >= 0.6 is 0 Å². The standard InChI is InChI=1S/C29H30N4O5/c1-21-3-7-23(8-4-21)19-37-30-15-25-17-32(27-11-13-28(14-12-27)33(35)36)18-26(29(25)34)16-31-38-20-24-9-5-22(2)6-10-24/h3-16,25-26H,17-20H2,1-2H3/b30-15-,31-16+. The molecule has 3 aromatic rings. The van der Waals surface area contributed by atoms with E-state index in [1.807, 2.05) is 67.3 Å². The monoisotopic (exact) mass is 514 g/mol. The largest absolute Gasteiger partial charge is 0.391 e. The number of anilines is 1. The number of benzene rings is 3. The summed E-state index contributed by atoms with van der Waals surface area (Å²) >= 11 is 0. The predicted molar refractivity (Wildman–Crippen MR) is 146 cm³/mol. The fourth-order valence-corrected chi connectivity index (χ4v) is 4.07. The highest BCUT2D eigenvalue weighted by Crippen LogP contribution is 2.25. The number of Topliss-reactive ketones (excluding diaryl/α,β-unsaturated/α-hetero) is 1. The number of piperidine rings is 1. The third-order valence-electron chi connectivity index (χ3n) is 6.33. The second-order valence-corrected chi connectivity index (χ2v) is 9.32. The van der Waals surface area contributed by atoms with Gasteiger partial charge in [0, 0.05) is 30.9 Å². The number of nitro benzene ring substituents is 1. The Bertz CT molecular complexity index is 1220. The molecule has 0 aromatic heterocycles. The van der Waals surface area contributed by atoms with Crippen LogP contribution in [-0.4, -0.2) is 36.2 Å². The Kier molecular flexibility index (Phi) is 8.81. The van der Waals surface area contributed by atoms with Gasteiger partial charge in [-0.2, -0.15) is 0 Å². The van der Waals surface area contributed by atoms with Crippen LogP contribution in [0.5, 0.6) is 0 Å². The number of non-ortho nitro benzene ring substituents is 1. The van der Waals surface area contributed by atoms with Gasteiger partial charge in [-0.25, -0.2) is 0 Å². The fraction of sp³-hybridized carbons (Fsp3) is 0.276. The molecular formula is C29H30N4O5. The number of carbonyl (C=O) groups is 1. The van der Waals surface area contributed by atoms with Gasteiger partial charge in [0.15, 0.2) is 5.78 Å².